The van der Waals surface area contributed by atoms with Gasteiger partial charge in [-0.25, -0.2) is 0 Å². The number of amides is 2. The van der Waals surface area contributed by atoms with Crippen LogP contribution in [0.25, 0.3) is 0 Å². The van der Waals surface area contributed by atoms with Crippen molar-refractivity contribution in [2.75, 3.05) is 61.5 Å². The van der Waals surface area contributed by atoms with Gasteiger partial charge in [0.1, 0.15) is 5.75 Å². The van der Waals surface area contributed by atoms with E-state index in [0.717, 1.165) is 43.3 Å². The summed E-state index contributed by atoms with van der Waals surface area (Å²) in [5.74, 6) is 0.776. The number of rotatable bonds is 7. The first-order valence-electron chi connectivity index (χ1n) is 12.1. The largest absolute Gasteiger partial charge is 0.495 e. The third-order valence-corrected chi connectivity index (χ3v) is 6.26. The van der Waals surface area contributed by atoms with Crippen LogP contribution < -0.4 is 19.9 Å². The Bertz CT molecular complexity index is 1000. The van der Waals surface area contributed by atoms with Gasteiger partial charge in [-0.2, -0.15) is 0 Å². The van der Waals surface area contributed by atoms with Gasteiger partial charge in [0, 0.05) is 56.1 Å². The summed E-state index contributed by atoms with van der Waals surface area (Å²) in [5.41, 5.74) is 2.75. The van der Waals surface area contributed by atoms with E-state index in [2.05, 4.69) is 21.2 Å². The lowest BCUT2D eigenvalue weighted by molar-refractivity contribution is -0.123. The first kappa shape index (κ1) is 25.4. The molecule has 0 bridgehead atoms. The van der Waals surface area contributed by atoms with E-state index in [-0.39, 0.29) is 11.8 Å². The smallest absolute Gasteiger partial charge is 0.256 e. The van der Waals surface area contributed by atoms with Crippen LogP contribution in [-0.2, 0) is 4.79 Å². The fraction of sp³-hybridized carbons (Fsp3) is 0.481. The van der Waals surface area contributed by atoms with Crippen LogP contribution in [0.1, 0.15) is 45.0 Å². The predicted octanol–water partition coefficient (Wildman–Crippen LogP) is 4.49. The topological polar surface area (TPSA) is 65.1 Å². The Morgan fingerprint density at radius 1 is 0.941 bits per heavy atom. The van der Waals surface area contributed by atoms with E-state index in [1.54, 1.807) is 7.11 Å². The molecule has 0 aliphatic carbocycles. The van der Waals surface area contributed by atoms with Crippen molar-refractivity contribution in [1.82, 2.24) is 4.90 Å². The standard InChI is InChI=1S/C27H38N4O3/c1-7-29(8-2)25(32)21-19-20(28-26(33)27(3,4)5)13-14-22(21)30-15-17-31(18-16-30)23-11-9-10-12-24(23)34-6/h9-14,19H,7-8,15-18H2,1-6H3,(H,28,33). The van der Waals surface area contributed by atoms with Gasteiger partial charge in [0.2, 0.25) is 5.91 Å². The van der Waals surface area contributed by atoms with Crippen molar-refractivity contribution in [1.29, 1.82) is 0 Å². The number of nitrogens with zero attached hydrogens (tertiary/aromatic N) is 3. The molecule has 7 heteroatoms. The fourth-order valence-electron chi connectivity index (χ4n) is 4.14. The highest BCUT2D eigenvalue weighted by Gasteiger charge is 2.26. The molecule has 2 amide bonds. The van der Waals surface area contributed by atoms with Gasteiger partial charge in [0.15, 0.2) is 0 Å². The molecule has 34 heavy (non-hydrogen) atoms. The lowest BCUT2D eigenvalue weighted by atomic mass is 9.95. The van der Waals surface area contributed by atoms with Crippen LogP contribution in [0.3, 0.4) is 0 Å². The van der Waals surface area contributed by atoms with E-state index in [0.29, 0.717) is 24.3 Å². The van der Waals surface area contributed by atoms with Crippen LogP contribution in [0.15, 0.2) is 42.5 Å². The average Bonchev–Trinajstić information content (AvgIpc) is 2.84. The number of hydrogen-bond donors (Lipinski definition) is 1. The van der Waals surface area contributed by atoms with Crippen molar-refractivity contribution in [3.8, 4) is 5.75 Å². The molecule has 1 aliphatic heterocycles. The van der Waals surface area contributed by atoms with Gasteiger partial charge in [0.25, 0.3) is 5.91 Å². The molecule has 1 N–H and O–H groups in total. The highest BCUT2D eigenvalue weighted by atomic mass is 16.5. The van der Waals surface area contributed by atoms with Crippen LogP contribution in [-0.4, -0.2) is 63.1 Å². The summed E-state index contributed by atoms with van der Waals surface area (Å²) in [7, 11) is 1.69. The highest BCUT2D eigenvalue weighted by molar-refractivity contribution is 6.02. The molecule has 1 heterocycles. The summed E-state index contributed by atoms with van der Waals surface area (Å²) in [5, 5.41) is 2.97. The van der Waals surface area contributed by atoms with E-state index in [9.17, 15) is 9.59 Å². The molecule has 0 spiro atoms. The Morgan fingerprint density at radius 3 is 2.09 bits per heavy atom. The molecule has 3 rings (SSSR count). The molecule has 184 valence electrons. The van der Waals surface area contributed by atoms with Gasteiger partial charge >= 0.3 is 0 Å². The normalized spacial score (nSPS) is 14.1. The zero-order chi connectivity index (χ0) is 24.9. The summed E-state index contributed by atoms with van der Waals surface area (Å²) in [6.07, 6.45) is 0. The van der Waals surface area contributed by atoms with Crippen molar-refractivity contribution in [2.45, 2.75) is 34.6 Å². The average molecular weight is 467 g/mol. The third kappa shape index (κ3) is 5.64. The van der Waals surface area contributed by atoms with Crippen LogP contribution in [0.4, 0.5) is 17.1 Å². The first-order chi connectivity index (χ1) is 16.2. The number of benzene rings is 2. The second-order valence-corrected chi connectivity index (χ2v) is 9.56. The van der Waals surface area contributed by atoms with Crippen LogP contribution in [0.5, 0.6) is 5.75 Å². The number of para-hydroxylation sites is 2. The van der Waals surface area contributed by atoms with Gasteiger partial charge in [-0.1, -0.05) is 32.9 Å². The Morgan fingerprint density at radius 2 is 1.53 bits per heavy atom. The van der Waals surface area contributed by atoms with E-state index in [1.165, 1.54) is 0 Å². The molecule has 1 saturated heterocycles. The molecule has 0 saturated carbocycles. The minimum Gasteiger partial charge on any atom is -0.495 e. The number of hydrogen-bond acceptors (Lipinski definition) is 5. The third-order valence-electron chi connectivity index (χ3n) is 6.26. The molecule has 1 aliphatic rings. The monoisotopic (exact) mass is 466 g/mol. The molecule has 0 atom stereocenters. The van der Waals surface area contributed by atoms with E-state index < -0.39 is 5.41 Å². The van der Waals surface area contributed by atoms with Gasteiger partial charge < -0.3 is 24.8 Å². The number of methoxy groups -OCH3 is 1. The van der Waals surface area contributed by atoms with Gasteiger partial charge in [-0.15, -0.1) is 0 Å². The number of carbonyl (C=O) groups is 2. The van der Waals surface area contributed by atoms with Crippen molar-refractivity contribution in [3.63, 3.8) is 0 Å². The maximum atomic E-state index is 13.4. The molecule has 0 radical (unpaired) electrons. The summed E-state index contributed by atoms with van der Waals surface area (Å²) in [6, 6.07) is 13.7. The Hall–Kier alpha value is -3.22. The lowest BCUT2D eigenvalue weighted by Gasteiger charge is -2.38. The zero-order valence-corrected chi connectivity index (χ0v) is 21.4. The van der Waals surface area contributed by atoms with Crippen LogP contribution >= 0.6 is 0 Å². The predicted molar refractivity (Wildman–Crippen MR) is 139 cm³/mol. The molecular weight excluding hydrogens is 428 g/mol. The van der Waals surface area contributed by atoms with Crippen molar-refractivity contribution >= 4 is 28.9 Å². The van der Waals surface area contributed by atoms with E-state index in [1.807, 2.05) is 75.9 Å². The summed E-state index contributed by atoms with van der Waals surface area (Å²) >= 11 is 0. The minimum absolute atomic E-state index is 0.0148. The maximum absolute atomic E-state index is 13.4. The number of nitrogens with one attached hydrogen (secondary N) is 1. The Balaban J connectivity index is 1.86. The minimum atomic E-state index is -0.517. The quantitative estimate of drug-likeness (QED) is 0.651. The van der Waals surface area contributed by atoms with Crippen LogP contribution in [0, 0.1) is 5.41 Å². The van der Waals surface area contributed by atoms with Crippen molar-refractivity contribution < 1.29 is 14.3 Å². The number of ether oxygens (including phenoxy) is 1. The summed E-state index contributed by atoms with van der Waals surface area (Å²) < 4.78 is 5.54. The fourth-order valence-corrected chi connectivity index (χ4v) is 4.14. The van der Waals surface area contributed by atoms with Gasteiger partial charge in [0.05, 0.1) is 18.4 Å². The molecule has 0 unspecified atom stereocenters. The molecular formula is C27H38N4O3. The molecule has 1 fully saturated rings. The van der Waals surface area contributed by atoms with Crippen LogP contribution in [0.2, 0.25) is 0 Å². The second-order valence-electron chi connectivity index (χ2n) is 9.56. The van der Waals surface area contributed by atoms with Crippen molar-refractivity contribution in [3.05, 3.63) is 48.0 Å². The molecule has 2 aromatic rings. The van der Waals surface area contributed by atoms with E-state index >= 15 is 0 Å². The Kier molecular flexibility index (Phi) is 8.07. The SMILES string of the molecule is CCN(CC)C(=O)c1cc(NC(=O)C(C)(C)C)ccc1N1CCN(c2ccccc2OC)CC1. The van der Waals surface area contributed by atoms with Crippen molar-refractivity contribution in [2.24, 2.45) is 5.41 Å². The number of piperazine rings is 1. The van der Waals surface area contributed by atoms with Gasteiger partial charge in [-0.3, -0.25) is 9.59 Å². The lowest BCUT2D eigenvalue weighted by Crippen LogP contribution is -2.47. The number of anilines is 3. The van der Waals surface area contributed by atoms with E-state index in [4.69, 9.17) is 4.74 Å². The Labute approximate surface area is 203 Å². The molecule has 7 nitrogen and oxygen atoms in total. The molecule has 0 aromatic heterocycles. The molecule has 2 aromatic carbocycles. The highest BCUT2D eigenvalue weighted by Crippen LogP contribution is 2.31. The maximum Gasteiger partial charge on any atom is 0.256 e. The number of carbonyl (C=O) groups excluding carboxylic acids is 2. The summed E-state index contributed by atoms with van der Waals surface area (Å²) in [6.45, 7) is 14.1. The summed E-state index contributed by atoms with van der Waals surface area (Å²) in [4.78, 5) is 32.4. The van der Waals surface area contributed by atoms with Gasteiger partial charge in [-0.05, 0) is 44.2 Å². The second kappa shape index (κ2) is 10.8. The first-order valence-corrected chi connectivity index (χ1v) is 12.1. The zero-order valence-electron chi connectivity index (χ0n) is 21.4.